The van der Waals surface area contributed by atoms with E-state index in [0.717, 1.165) is 30.8 Å². The summed E-state index contributed by atoms with van der Waals surface area (Å²) in [4.78, 5) is 2.00. The number of nitrogens with zero attached hydrogens (tertiary/aromatic N) is 2. The molecular formula is C15H19F3N2. The van der Waals surface area contributed by atoms with Gasteiger partial charge in [-0.25, -0.2) is 0 Å². The Labute approximate surface area is 117 Å². The van der Waals surface area contributed by atoms with Gasteiger partial charge in [0.25, 0.3) is 0 Å². The van der Waals surface area contributed by atoms with Crippen molar-refractivity contribution in [1.82, 2.24) is 4.90 Å². The number of hydrogen-bond donors (Lipinski definition) is 0. The van der Waals surface area contributed by atoms with E-state index < -0.39 is 17.3 Å². The Morgan fingerprint density at radius 2 is 1.60 bits per heavy atom. The number of nitriles is 1. The van der Waals surface area contributed by atoms with Crippen LogP contribution in [0.3, 0.4) is 0 Å². The molecule has 1 aromatic carbocycles. The fourth-order valence-electron chi connectivity index (χ4n) is 2.35. The molecule has 20 heavy (non-hydrogen) atoms. The van der Waals surface area contributed by atoms with Crippen LogP contribution in [0.1, 0.15) is 31.9 Å². The van der Waals surface area contributed by atoms with Crippen LogP contribution in [0.25, 0.3) is 0 Å². The number of benzene rings is 1. The molecule has 0 bridgehead atoms. The van der Waals surface area contributed by atoms with Gasteiger partial charge >= 0.3 is 6.18 Å². The quantitative estimate of drug-likeness (QED) is 0.820. The van der Waals surface area contributed by atoms with Gasteiger partial charge in [0, 0.05) is 6.42 Å². The van der Waals surface area contributed by atoms with Crippen LogP contribution in [-0.2, 0) is 12.6 Å². The van der Waals surface area contributed by atoms with Gasteiger partial charge in [-0.15, -0.1) is 0 Å². The van der Waals surface area contributed by atoms with Crippen LogP contribution in [0.5, 0.6) is 0 Å². The molecule has 1 atom stereocenters. The summed E-state index contributed by atoms with van der Waals surface area (Å²) in [5.41, 5.74) is -0.639. The van der Waals surface area contributed by atoms with Crippen molar-refractivity contribution in [3.63, 3.8) is 0 Å². The zero-order valence-electron chi connectivity index (χ0n) is 12.0. The minimum Gasteiger partial charge on any atom is -0.286 e. The van der Waals surface area contributed by atoms with Crippen molar-refractivity contribution >= 4 is 0 Å². The van der Waals surface area contributed by atoms with Gasteiger partial charge < -0.3 is 0 Å². The lowest BCUT2D eigenvalue weighted by atomic mass is 9.91. The summed E-state index contributed by atoms with van der Waals surface area (Å²) in [5, 5.41) is 9.39. The van der Waals surface area contributed by atoms with Crippen LogP contribution in [0.4, 0.5) is 13.2 Å². The zero-order valence-corrected chi connectivity index (χ0v) is 12.0. The van der Waals surface area contributed by atoms with Crippen LogP contribution in [0.15, 0.2) is 24.3 Å². The lowest BCUT2D eigenvalue weighted by Crippen LogP contribution is -2.46. The van der Waals surface area contributed by atoms with Crippen molar-refractivity contribution in [2.24, 2.45) is 0 Å². The Kier molecular flexibility index (Phi) is 5.18. The van der Waals surface area contributed by atoms with E-state index in [1.54, 1.807) is 0 Å². The molecular weight excluding hydrogens is 265 g/mol. The number of alkyl halides is 3. The minimum absolute atomic E-state index is 0.406. The lowest BCUT2D eigenvalue weighted by Gasteiger charge is -2.34. The van der Waals surface area contributed by atoms with Gasteiger partial charge in [0.05, 0.1) is 11.6 Å². The van der Waals surface area contributed by atoms with E-state index in [4.69, 9.17) is 0 Å². The van der Waals surface area contributed by atoms with Crippen molar-refractivity contribution in [2.75, 3.05) is 13.1 Å². The summed E-state index contributed by atoms with van der Waals surface area (Å²) in [7, 11) is 0. The van der Waals surface area contributed by atoms with E-state index in [1.807, 2.05) is 25.7 Å². The first-order valence-electron chi connectivity index (χ1n) is 6.59. The molecule has 0 N–H and O–H groups in total. The predicted octanol–water partition coefficient (Wildman–Crippen LogP) is 3.87. The topological polar surface area (TPSA) is 27.0 Å². The standard InChI is InChI=1S/C15H19F3N2/c1-4-20(5-2)14(3,11-19)10-12-6-8-13(9-7-12)15(16,17)18/h6-9H,4-5,10H2,1-3H3. The van der Waals surface area contributed by atoms with Crippen LogP contribution >= 0.6 is 0 Å². The zero-order chi connectivity index (χ0) is 15.4. The molecule has 1 aromatic rings. The Morgan fingerprint density at radius 3 is 1.95 bits per heavy atom. The van der Waals surface area contributed by atoms with Gasteiger partial charge in [-0.2, -0.15) is 18.4 Å². The Hall–Kier alpha value is -1.54. The maximum Gasteiger partial charge on any atom is 0.416 e. The average Bonchev–Trinajstić information content (AvgIpc) is 2.39. The molecule has 2 nitrogen and oxygen atoms in total. The summed E-state index contributed by atoms with van der Waals surface area (Å²) < 4.78 is 37.5. The molecule has 0 heterocycles. The lowest BCUT2D eigenvalue weighted by molar-refractivity contribution is -0.137. The highest BCUT2D eigenvalue weighted by Gasteiger charge is 2.32. The number of likely N-dealkylation sites (N-methyl/N-ethyl adjacent to an activating group) is 1. The van der Waals surface area contributed by atoms with Crippen LogP contribution in [-0.4, -0.2) is 23.5 Å². The smallest absolute Gasteiger partial charge is 0.286 e. The fourth-order valence-corrected chi connectivity index (χ4v) is 2.35. The average molecular weight is 284 g/mol. The maximum absolute atomic E-state index is 12.5. The SMILES string of the molecule is CCN(CC)C(C)(C#N)Cc1ccc(C(F)(F)F)cc1. The van der Waals surface area contributed by atoms with Gasteiger partial charge in [-0.1, -0.05) is 26.0 Å². The number of rotatable bonds is 5. The molecule has 0 aliphatic heterocycles. The molecule has 0 saturated carbocycles. The first-order valence-corrected chi connectivity index (χ1v) is 6.59. The predicted molar refractivity (Wildman–Crippen MR) is 72.1 cm³/mol. The fraction of sp³-hybridized carbons (Fsp3) is 0.533. The van der Waals surface area contributed by atoms with Crippen LogP contribution in [0.2, 0.25) is 0 Å². The second-order valence-corrected chi connectivity index (χ2v) is 4.93. The van der Waals surface area contributed by atoms with E-state index >= 15 is 0 Å². The van der Waals surface area contributed by atoms with Gasteiger partial charge in [0.15, 0.2) is 0 Å². The minimum atomic E-state index is -4.32. The van der Waals surface area contributed by atoms with Crippen LogP contribution in [0, 0.1) is 11.3 Å². The highest BCUT2D eigenvalue weighted by molar-refractivity contribution is 5.27. The molecule has 5 heteroatoms. The van der Waals surface area contributed by atoms with Gasteiger partial charge in [0.2, 0.25) is 0 Å². The molecule has 0 fully saturated rings. The molecule has 0 spiro atoms. The number of halogens is 3. The molecule has 1 unspecified atom stereocenters. The number of hydrogen-bond acceptors (Lipinski definition) is 2. The molecule has 1 rings (SSSR count). The normalized spacial score (nSPS) is 14.9. The van der Waals surface area contributed by atoms with Crippen molar-refractivity contribution in [2.45, 2.75) is 38.9 Å². The van der Waals surface area contributed by atoms with E-state index in [2.05, 4.69) is 6.07 Å². The van der Waals surface area contributed by atoms with E-state index in [1.165, 1.54) is 12.1 Å². The van der Waals surface area contributed by atoms with Crippen molar-refractivity contribution in [3.8, 4) is 6.07 Å². The third-order valence-electron chi connectivity index (χ3n) is 3.53. The maximum atomic E-state index is 12.5. The van der Waals surface area contributed by atoms with E-state index in [0.29, 0.717) is 6.42 Å². The summed E-state index contributed by atoms with van der Waals surface area (Å²) in [6.07, 6.45) is -3.92. The third-order valence-corrected chi connectivity index (χ3v) is 3.53. The van der Waals surface area contributed by atoms with Crippen molar-refractivity contribution < 1.29 is 13.2 Å². The van der Waals surface area contributed by atoms with Crippen molar-refractivity contribution in [3.05, 3.63) is 35.4 Å². The van der Waals surface area contributed by atoms with Gasteiger partial charge in [-0.3, -0.25) is 4.90 Å². The summed E-state index contributed by atoms with van der Waals surface area (Å²) >= 11 is 0. The highest BCUT2D eigenvalue weighted by atomic mass is 19.4. The van der Waals surface area contributed by atoms with E-state index in [-0.39, 0.29) is 0 Å². The van der Waals surface area contributed by atoms with Gasteiger partial charge in [0.1, 0.15) is 5.54 Å². The summed E-state index contributed by atoms with van der Waals surface area (Å²) in [5.74, 6) is 0. The van der Waals surface area contributed by atoms with E-state index in [9.17, 15) is 18.4 Å². The first kappa shape index (κ1) is 16.5. The molecule has 0 amide bonds. The first-order chi connectivity index (χ1) is 9.26. The summed E-state index contributed by atoms with van der Waals surface area (Å²) in [6, 6.07) is 7.30. The second-order valence-electron chi connectivity index (χ2n) is 4.93. The highest BCUT2D eigenvalue weighted by Crippen LogP contribution is 2.30. The monoisotopic (exact) mass is 284 g/mol. The molecule has 0 radical (unpaired) electrons. The summed E-state index contributed by atoms with van der Waals surface area (Å²) in [6.45, 7) is 7.19. The molecule has 0 saturated heterocycles. The molecule has 0 aliphatic carbocycles. The Bertz CT molecular complexity index is 469. The molecule has 0 aromatic heterocycles. The van der Waals surface area contributed by atoms with Crippen LogP contribution < -0.4 is 0 Å². The second kappa shape index (κ2) is 6.27. The largest absolute Gasteiger partial charge is 0.416 e. The van der Waals surface area contributed by atoms with Gasteiger partial charge in [-0.05, 0) is 37.7 Å². The Morgan fingerprint density at radius 1 is 1.10 bits per heavy atom. The third kappa shape index (κ3) is 3.73. The molecule has 0 aliphatic rings. The molecule has 110 valence electrons. The Balaban J connectivity index is 2.95. The van der Waals surface area contributed by atoms with Crippen molar-refractivity contribution in [1.29, 1.82) is 5.26 Å².